The van der Waals surface area contributed by atoms with Gasteiger partial charge in [0.1, 0.15) is 8.07 Å². The third-order valence-corrected chi connectivity index (χ3v) is 6.60. The number of unbranched alkanes of at least 4 members (excludes halogenated alkanes) is 5. The van der Waals surface area contributed by atoms with E-state index in [9.17, 15) is 0 Å². The second-order valence-corrected chi connectivity index (χ2v) is 8.19. The van der Waals surface area contributed by atoms with E-state index in [4.69, 9.17) is 0 Å². The molecule has 0 radical (unpaired) electrons. The molecule has 0 aliphatic heterocycles. The molecule has 0 unspecified atom stereocenters. The molecule has 0 fully saturated rings. The van der Waals surface area contributed by atoms with Crippen LogP contribution in [-0.2, 0) is 0 Å². The second kappa shape index (κ2) is 8.72. The molecule has 0 aromatic heterocycles. The predicted octanol–water partition coefficient (Wildman–Crippen LogP) is 4.97. The lowest BCUT2D eigenvalue weighted by Gasteiger charge is -2.19. The van der Waals surface area contributed by atoms with Gasteiger partial charge in [-0.05, 0) is 6.04 Å². The van der Waals surface area contributed by atoms with Crippen molar-refractivity contribution in [2.75, 3.05) is 0 Å². The molecular formula is C14H26Si. The highest BCUT2D eigenvalue weighted by molar-refractivity contribution is 6.93. The van der Waals surface area contributed by atoms with Crippen LogP contribution in [0.3, 0.4) is 0 Å². The molecule has 0 saturated heterocycles. The van der Waals surface area contributed by atoms with Crippen LogP contribution >= 0.6 is 0 Å². The highest BCUT2D eigenvalue weighted by atomic mass is 28.3. The maximum absolute atomic E-state index is 3.92. The van der Waals surface area contributed by atoms with E-state index in [0.717, 1.165) is 0 Å². The van der Waals surface area contributed by atoms with Crippen LogP contribution in [0.5, 0.6) is 0 Å². The van der Waals surface area contributed by atoms with Gasteiger partial charge in [-0.1, -0.05) is 62.5 Å². The molecule has 0 nitrogen and oxygen atoms in total. The molecule has 0 amide bonds. The summed E-state index contributed by atoms with van der Waals surface area (Å²) in [5.41, 5.74) is 6.29. The lowest BCUT2D eigenvalue weighted by molar-refractivity contribution is 0.623. The third kappa shape index (κ3) is 5.78. The molecule has 0 N–H and O–H groups in total. The summed E-state index contributed by atoms with van der Waals surface area (Å²) in [5, 5.41) is 0. The second-order valence-electron chi connectivity index (χ2n) is 4.24. The van der Waals surface area contributed by atoms with Gasteiger partial charge in [-0.2, -0.15) is 0 Å². The Kier molecular flexibility index (Phi) is 8.39. The van der Waals surface area contributed by atoms with E-state index >= 15 is 0 Å². The zero-order valence-electron chi connectivity index (χ0n) is 10.3. The Balaban J connectivity index is 3.67. The summed E-state index contributed by atoms with van der Waals surface area (Å²) in [6, 6.07) is 1.25. The van der Waals surface area contributed by atoms with E-state index in [1.165, 1.54) is 44.6 Å². The Morgan fingerprint density at radius 2 is 1.27 bits per heavy atom. The first-order valence-electron chi connectivity index (χ1n) is 6.15. The van der Waals surface area contributed by atoms with E-state index in [1.54, 1.807) is 0 Å². The van der Waals surface area contributed by atoms with Crippen LogP contribution in [0.15, 0.2) is 36.8 Å². The quantitative estimate of drug-likeness (QED) is 0.361. The summed E-state index contributed by atoms with van der Waals surface area (Å²) in [6.45, 7) is 14.0. The van der Waals surface area contributed by atoms with Gasteiger partial charge in [0, 0.05) is 0 Å². The van der Waals surface area contributed by atoms with Gasteiger partial charge in [0.05, 0.1) is 0 Å². The fraction of sp³-hybridized carbons (Fsp3) is 0.571. The first kappa shape index (κ1) is 14.4. The molecule has 15 heavy (non-hydrogen) atoms. The van der Waals surface area contributed by atoms with E-state index in [1.807, 2.05) is 0 Å². The summed E-state index contributed by atoms with van der Waals surface area (Å²) in [5.74, 6) is 0. The van der Waals surface area contributed by atoms with Gasteiger partial charge in [0.25, 0.3) is 0 Å². The molecule has 0 bridgehead atoms. The molecule has 1 heteroatoms. The SMILES string of the molecule is C=C[Si](C=C)(C=C)CCCCCCCC. The van der Waals surface area contributed by atoms with E-state index in [-0.39, 0.29) is 0 Å². The maximum Gasteiger partial charge on any atom is 0.124 e. The smallest absolute Gasteiger partial charge is 0.106 e. The first-order chi connectivity index (χ1) is 7.24. The maximum atomic E-state index is 3.92. The third-order valence-electron chi connectivity index (χ3n) is 3.10. The van der Waals surface area contributed by atoms with Gasteiger partial charge in [-0.3, -0.25) is 0 Å². The molecule has 0 atom stereocenters. The van der Waals surface area contributed by atoms with Crippen molar-refractivity contribution >= 4 is 8.07 Å². The van der Waals surface area contributed by atoms with Crippen molar-refractivity contribution in [1.82, 2.24) is 0 Å². The van der Waals surface area contributed by atoms with Gasteiger partial charge in [-0.25, -0.2) is 0 Å². The van der Waals surface area contributed by atoms with Crippen LogP contribution in [0.2, 0.25) is 6.04 Å². The average Bonchev–Trinajstić information content (AvgIpc) is 2.29. The van der Waals surface area contributed by atoms with Gasteiger partial charge in [-0.15, -0.1) is 19.7 Å². The Labute approximate surface area is 96.8 Å². The average molecular weight is 222 g/mol. The van der Waals surface area contributed by atoms with Gasteiger partial charge in [0.2, 0.25) is 0 Å². The Morgan fingerprint density at radius 3 is 1.73 bits per heavy atom. The van der Waals surface area contributed by atoms with E-state index in [2.05, 4.69) is 43.8 Å². The minimum atomic E-state index is -1.49. The molecule has 0 aliphatic carbocycles. The fourth-order valence-corrected chi connectivity index (χ4v) is 3.74. The first-order valence-corrected chi connectivity index (χ1v) is 8.59. The normalized spacial score (nSPS) is 11.0. The summed E-state index contributed by atoms with van der Waals surface area (Å²) >= 11 is 0. The van der Waals surface area contributed by atoms with Crippen molar-refractivity contribution in [3.05, 3.63) is 36.8 Å². The van der Waals surface area contributed by atoms with Gasteiger partial charge >= 0.3 is 0 Å². The lowest BCUT2D eigenvalue weighted by atomic mass is 10.1. The number of rotatable bonds is 10. The van der Waals surface area contributed by atoms with Crippen molar-refractivity contribution in [1.29, 1.82) is 0 Å². The fourth-order valence-electron chi connectivity index (χ4n) is 1.77. The van der Waals surface area contributed by atoms with Gasteiger partial charge < -0.3 is 0 Å². The monoisotopic (exact) mass is 222 g/mol. The lowest BCUT2D eigenvalue weighted by Crippen LogP contribution is -2.26. The standard InChI is InChI=1S/C14H26Si/c1-5-9-10-11-12-13-14-15(6-2,7-3)8-4/h6-8H,2-5,9-14H2,1H3. The molecule has 0 heterocycles. The van der Waals surface area contributed by atoms with Gasteiger partial charge in [0.15, 0.2) is 0 Å². The van der Waals surface area contributed by atoms with E-state index in [0.29, 0.717) is 0 Å². The van der Waals surface area contributed by atoms with Crippen molar-refractivity contribution in [3.63, 3.8) is 0 Å². The molecular weight excluding hydrogens is 196 g/mol. The van der Waals surface area contributed by atoms with Crippen LogP contribution in [0.25, 0.3) is 0 Å². The van der Waals surface area contributed by atoms with Crippen LogP contribution in [0.1, 0.15) is 45.4 Å². The largest absolute Gasteiger partial charge is 0.124 e. The molecule has 0 spiro atoms. The summed E-state index contributed by atoms with van der Waals surface area (Å²) in [4.78, 5) is 0. The molecule has 0 aromatic rings. The summed E-state index contributed by atoms with van der Waals surface area (Å²) < 4.78 is 0. The Bertz CT molecular complexity index is 172. The van der Waals surface area contributed by atoms with Crippen LogP contribution in [-0.4, -0.2) is 8.07 Å². The minimum Gasteiger partial charge on any atom is -0.106 e. The number of hydrogen-bond acceptors (Lipinski definition) is 0. The molecule has 0 aromatic carbocycles. The van der Waals surface area contributed by atoms with E-state index < -0.39 is 8.07 Å². The van der Waals surface area contributed by atoms with Crippen molar-refractivity contribution < 1.29 is 0 Å². The molecule has 0 aliphatic rings. The van der Waals surface area contributed by atoms with Crippen molar-refractivity contribution in [2.45, 2.75) is 51.5 Å². The van der Waals surface area contributed by atoms with Crippen LogP contribution < -0.4 is 0 Å². The Morgan fingerprint density at radius 1 is 0.800 bits per heavy atom. The minimum absolute atomic E-state index is 1.25. The molecule has 0 saturated carbocycles. The van der Waals surface area contributed by atoms with Crippen LogP contribution in [0.4, 0.5) is 0 Å². The van der Waals surface area contributed by atoms with Crippen molar-refractivity contribution in [2.24, 2.45) is 0 Å². The zero-order valence-corrected chi connectivity index (χ0v) is 11.3. The number of hydrogen-bond donors (Lipinski definition) is 0. The van der Waals surface area contributed by atoms with Crippen molar-refractivity contribution in [3.8, 4) is 0 Å². The topological polar surface area (TPSA) is 0 Å². The zero-order chi connectivity index (χ0) is 11.6. The Hall–Kier alpha value is -0.563. The predicted molar refractivity (Wildman–Crippen MR) is 74.5 cm³/mol. The summed E-state index contributed by atoms with van der Waals surface area (Å²) in [6.07, 6.45) is 8.13. The molecule has 0 rings (SSSR count). The molecule has 86 valence electrons. The van der Waals surface area contributed by atoms with Crippen LogP contribution in [0, 0.1) is 0 Å². The highest BCUT2D eigenvalue weighted by Crippen LogP contribution is 2.19. The summed E-state index contributed by atoms with van der Waals surface area (Å²) in [7, 11) is -1.49. The highest BCUT2D eigenvalue weighted by Gasteiger charge is 2.20.